The zero-order chi connectivity index (χ0) is 20.6. The van der Waals surface area contributed by atoms with Crippen molar-refractivity contribution in [3.05, 3.63) is 59.7 Å². The zero-order valence-electron chi connectivity index (χ0n) is 16.1. The fourth-order valence-electron chi connectivity index (χ4n) is 2.56. The van der Waals surface area contributed by atoms with E-state index in [0.29, 0.717) is 35.8 Å². The molecule has 0 spiro atoms. The van der Waals surface area contributed by atoms with E-state index < -0.39 is 11.8 Å². The van der Waals surface area contributed by atoms with Crippen LogP contribution in [0.2, 0.25) is 0 Å². The van der Waals surface area contributed by atoms with Crippen LogP contribution in [0.25, 0.3) is 0 Å². The van der Waals surface area contributed by atoms with Crippen LogP contribution in [0.1, 0.15) is 33.6 Å². The molecule has 1 aliphatic carbocycles. The standard InChI is InChI=1S/C21H23N3O5/c1-28-12-13-29-18-5-3-2-4-17(18)21(27)24-23-20(26)15-8-10-16(11-9-15)22-19(25)14-6-7-14/h2-5,8-11,14H,6-7,12-13H2,1H3,(H,22,25)(H,23,26)(H,24,27). The molecule has 0 atom stereocenters. The summed E-state index contributed by atoms with van der Waals surface area (Å²) in [5.74, 6) is -0.474. The molecule has 1 saturated carbocycles. The molecule has 0 aliphatic heterocycles. The molecule has 3 rings (SSSR count). The van der Waals surface area contributed by atoms with Crippen molar-refractivity contribution in [2.75, 3.05) is 25.6 Å². The molecule has 3 N–H and O–H groups in total. The highest BCUT2D eigenvalue weighted by atomic mass is 16.5. The van der Waals surface area contributed by atoms with Gasteiger partial charge in [0.1, 0.15) is 12.4 Å². The van der Waals surface area contributed by atoms with Crippen LogP contribution in [-0.4, -0.2) is 38.0 Å². The summed E-state index contributed by atoms with van der Waals surface area (Å²) in [4.78, 5) is 36.4. The summed E-state index contributed by atoms with van der Waals surface area (Å²) in [5.41, 5.74) is 6.02. The van der Waals surface area contributed by atoms with Crippen molar-refractivity contribution in [3.8, 4) is 5.75 Å². The van der Waals surface area contributed by atoms with E-state index in [-0.39, 0.29) is 11.8 Å². The first kappa shape index (κ1) is 20.3. The van der Waals surface area contributed by atoms with Crippen LogP contribution in [-0.2, 0) is 9.53 Å². The van der Waals surface area contributed by atoms with Gasteiger partial charge in [0, 0.05) is 24.3 Å². The van der Waals surface area contributed by atoms with Crippen molar-refractivity contribution in [2.24, 2.45) is 5.92 Å². The predicted molar refractivity (Wildman–Crippen MR) is 107 cm³/mol. The van der Waals surface area contributed by atoms with E-state index >= 15 is 0 Å². The van der Waals surface area contributed by atoms with E-state index in [9.17, 15) is 14.4 Å². The highest BCUT2D eigenvalue weighted by Crippen LogP contribution is 2.30. The number of methoxy groups -OCH3 is 1. The summed E-state index contributed by atoms with van der Waals surface area (Å²) in [7, 11) is 1.56. The lowest BCUT2D eigenvalue weighted by Gasteiger charge is -2.12. The number of anilines is 1. The SMILES string of the molecule is COCCOc1ccccc1C(=O)NNC(=O)c1ccc(NC(=O)C2CC2)cc1. The van der Waals surface area contributed by atoms with Gasteiger partial charge in [0.05, 0.1) is 12.2 Å². The lowest BCUT2D eigenvalue weighted by molar-refractivity contribution is -0.117. The van der Waals surface area contributed by atoms with Crippen molar-refractivity contribution in [1.82, 2.24) is 10.9 Å². The molecule has 3 amide bonds. The Bertz CT molecular complexity index is 878. The second kappa shape index (κ2) is 9.70. The smallest absolute Gasteiger partial charge is 0.273 e. The van der Waals surface area contributed by atoms with E-state index in [1.807, 2.05) is 0 Å². The minimum absolute atomic E-state index is 0.000785. The fraction of sp³-hybridized carbons (Fsp3) is 0.286. The Labute approximate surface area is 168 Å². The summed E-state index contributed by atoms with van der Waals surface area (Å²) >= 11 is 0. The van der Waals surface area contributed by atoms with Gasteiger partial charge in [-0.1, -0.05) is 12.1 Å². The van der Waals surface area contributed by atoms with Crippen LogP contribution >= 0.6 is 0 Å². The van der Waals surface area contributed by atoms with E-state index in [4.69, 9.17) is 9.47 Å². The van der Waals surface area contributed by atoms with Crippen molar-refractivity contribution in [1.29, 1.82) is 0 Å². The molecule has 0 aromatic heterocycles. The number of hydrazine groups is 1. The third-order valence-corrected chi connectivity index (χ3v) is 4.33. The lowest BCUT2D eigenvalue weighted by Crippen LogP contribution is -2.41. The predicted octanol–water partition coefficient (Wildman–Crippen LogP) is 2.14. The molecule has 0 radical (unpaired) electrons. The van der Waals surface area contributed by atoms with Gasteiger partial charge in [0.25, 0.3) is 11.8 Å². The molecule has 0 heterocycles. The highest BCUT2D eigenvalue weighted by Gasteiger charge is 2.29. The number of hydrogen-bond donors (Lipinski definition) is 3. The number of hydrogen-bond acceptors (Lipinski definition) is 5. The van der Waals surface area contributed by atoms with Gasteiger partial charge < -0.3 is 14.8 Å². The summed E-state index contributed by atoms with van der Waals surface area (Å²) < 4.78 is 10.5. The maximum atomic E-state index is 12.4. The van der Waals surface area contributed by atoms with Gasteiger partial charge in [-0.2, -0.15) is 0 Å². The van der Waals surface area contributed by atoms with E-state index in [1.165, 1.54) is 0 Å². The van der Waals surface area contributed by atoms with Crippen LogP contribution in [0.3, 0.4) is 0 Å². The zero-order valence-corrected chi connectivity index (χ0v) is 16.1. The third-order valence-electron chi connectivity index (χ3n) is 4.33. The van der Waals surface area contributed by atoms with Gasteiger partial charge >= 0.3 is 0 Å². The summed E-state index contributed by atoms with van der Waals surface area (Å²) in [6.07, 6.45) is 1.85. The van der Waals surface area contributed by atoms with Crippen LogP contribution in [0.15, 0.2) is 48.5 Å². The first-order chi connectivity index (χ1) is 14.1. The number of para-hydroxylation sites is 1. The van der Waals surface area contributed by atoms with Crippen molar-refractivity contribution in [2.45, 2.75) is 12.8 Å². The largest absolute Gasteiger partial charge is 0.490 e. The van der Waals surface area contributed by atoms with Crippen molar-refractivity contribution < 1.29 is 23.9 Å². The van der Waals surface area contributed by atoms with Gasteiger partial charge in [-0.05, 0) is 49.2 Å². The van der Waals surface area contributed by atoms with Gasteiger partial charge in [-0.15, -0.1) is 0 Å². The quantitative estimate of drug-likeness (QED) is 0.467. The number of nitrogens with one attached hydrogen (secondary N) is 3. The lowest BCUT2D eigenvalue weighted by atomic mass is 10.2. The molecule has 2 aromatic carbocycles. The number of benzene rings is 2. The Hall–Kier alpha value is -3.39. The molecular formula is C21H23N3O5. The minimum atomic E-state index is -0.500. The maximum absolute atomic E-state index is 12.4. The van der Waals surface area contributed by atoms with Crippen LogP contribution < -0.4 is 20.9 Å². The minimum Gasteiger partial charge on any atom is -0.490 e. The van der Waals surface area contributed by atoms with Crippen LogP contribution in [0, 0.1) is 5.92 Å². The summed E-state index contributed by atoms with van der Waals surface area (Å²) in [5, 5.41) is 2.81. The Kier molecular flexibility index (Phi) is 6.80. The van der Waals surface area contributed by atoms with Crippen molar-refractivity contribution >= 4 is 23.4 Å². The third kappa shape index (κ3) is 5.79. The monoisotopic (exact) mass is 397 g/mol. The Balaban J connectivity index is 1.53. The Morgan fingerprint density at radius 3 is 2.31 bits per heavy atom. The number of ether oxygens (including phenoxy) is 2. The molecule has 0 saturated heterocycles. The molecular weight excluding hydrogens is 374 g/mol. The van der Waals surface area contributed by atoms with E-state index in [2.05, 4.69) is 16.2 Å². The molecule has 0 unspecified atom stereocenters. The fourth-order valence-corrected chi connectivity index (χ4v) is 2.56. The molecule has 8 heteroatoms. The summed E-state index contributed by atoms with van der Waals surface area (Å²) in [6, 6.07) is 13.2. The second-order valence-corrected chi connectivity index (χ2v) is 6.59. The molecule has 0 bridgehead atoms. The van der Waals surface area contributed by atoms with Crippen LogP contribution in [0.4, 0.5) is 5.69 Å². The van der Waals surface area contributed by atoms with Gasteiger partial charge in [0.2, 0.25) is 5.91 Å². The topological polar surface area (TPSA) is 106 Å². The highest BCUT2D eigenvalue weighted by molar-refractivity contribution is 6.01. The van der Waals surface area contributed by atoms with Gasteiger partial charge in [-0.3, -0.25) is 25.2 Å². The number of carbonyl (C=O) groups is 3. The molecule has 1 fully saturated rings. The average Bonchev–Trinajstić information content (AvgIpc) is 3.58. The first-order valence-electron chi connectivity index (χ1n) is 9.31. The first-order valence-corrected chi connectivity index (χ1v) is 9.31. The van der Waals surface area contributed by atoms with E-state index in [1.54, 1.807) is 55.6 Å². The second-order valence-electron chi connectivity index (χ2n) is 6.59. The Morgan fingerprint density at radius 1 is 0.931 bits per heavy atom. The molecule has 152 valence electrons. The van der Waals surface area contributed by atoms with Gasteiger partial charge in [0.15, 0.2) is 0 Å². The molecule has 1 aliphatic rings. The molecule has 2 aromatic rings. The number of amides is 3. The molecule has 8 nitrogen and oxygen atoms in total. The Morgan fingerprint density at radius 2 is 1.62 bits per heavy atom. The number of rotatable bonds is 8. The average molecular weight is 397 g/mol. The van der Waals surface area contributed by atoms with E-state index in [0.717, 1.165) is 12.8 Å². The van der Waals surface area contributed by atoms with Crippen LogP contribution in [0.5, 0.6) is 5.75 Å². The van der Waals surface area contributed by atoms with Gasteiger partial charge in [-0.25, -0.2) is 0 Å². The maximum Gasteiger partial charge on any atom is 0.273 e. The summed E-state index contributed by atoms with van der Waals surface area (Å²) in [6.45, 7) is 0.695. The number of carbonyl (C=O) groups excluding carboxylic acids is 3. The van der Waals surface area contributed by atoms with Crippen molar-refractivity contribution in [3.63, 3.8) is 0 Å². The molecule has 29 heavy (non-hydrogen) atoms. The normalized spacial score (nSPS) is 12.7.